The zero-order valence-corrected chi connectivity index (χ0v) is 7.31. The molecule has 3 heteroatoms. The largest absolute Gasteiger partial charge is 0.243 e. The molecule has 0 heterocycles. The second kappa shape index (κ2) is 3.65. The zero-order chi connectivity index (χ0) is 8.27. The third-order valence-electron chi connectivity index (χ3n) is 1.20. The fourth-order valence-corrected chi connectivity index (χ4v) is 0.909. The second-order valence-electron chi connectivity index (χ2n) is 1.99. The Morgan fingerprint density at radius 1 is 1.27 bits per heavy atom. The van der Waals surface area contributed by atoms with E-state index in [1.54, 1.807) is 0 Å². The van der Waals surface area contributed by atoms with Gasteiger partial charge in [0.2, 0.25) is 0 Å². The molecule has 0 amide bonds. The standard InChI is InChI=1S/C8H7Cl2N/c1-7(9)11(10)8-5-3-2-4-6-8/h2-6H,1H2. The van der Waals surface area contributed by atoms with Gasteiger partial charge in [0.25, 0.3) is 0 Å². The van der Waals surface area contributed by atoms with E-state index in [1.807, 2.05) is 30.3 Å². The van der Waals surface area contributed by atoms with Crippen molar-refractivity contribution in [2.45, 2.75) is 0 Å². The summed E-state index contributed by atoms with van der Waals surface area (Å²) in [6.45, 7) is 3.49. The third kappa shape index (κ3) is 2.14. The molecule has 0 fully saturated rings. The maximum absolute atomic E-state index is 5.74. The first-order valence-corrected chi connectivity index (χ1v) is 3.79. The van der Waals surface area contributed by atoms with Gasteiger partial charge >= 0.3 is 0 Å². The molecule has 0 bridgehead atoms. The highest BCUT2D eigenvalue weighted by Crippen LogP contribution is 2.21. The number of benzene rings is 1. The third-order valence-corrected chi connectivity index (χ3v) is 1.85. The Morgan fingerprint density at radius 3 is 2.27 bits per heavy atom. The van der Waals surface area contributed by atoms with Gasteiger partial charge in [-0.05, 0) is 12.1 Å². The van der Waals surface area contributed by atoms with E-state index in [4.69, 9.17) is 23.4 Å². The van der Waals surface area contributed by atoms with Crippen molar-refractivity contribution in [3.63, 3.8) is 0 Å². The summed E-state index contributed by atoms with van der Waals surface area (Å²) in [4.78, 5) is 0. The molecule has 1 rings (SSSR count). The molecule has 0 saturated heterocycles. The van der Waals surface area contributed by atoms with Crippen LogP contribution in [0.5, 0.6) is 0 Å². The molecule has 1 aromatic carbocycles. The van der Waals surface area contributed by atoms with E-state index in [2.05, 4.69) is 6.58 Å². The summed E-state index contributed by atoms with van der Waals surface area (Å²) < 4.78 is 1.29. The van der Waals surface area contributed by atoms with Crippen molar-refractivity contribution in [1.29, 1.82) is 0 Å². The van der Waals surface area contributed by atoms with Gasteiger partial charge in [-0.2, -0.15) is 0 Å². The van der Waals surface area contributed by atoms with Crippen molar-refractivity contribution in [2.24, 2.45) is 0 Å². The average Bonchev–Trinajstić information content (AvgIpc) is 2.05. The monoisotopic (exact) mass is 187 g/mol. The maximum atomic E-state index is 5.74. The fraction of sp³-hybridized carbons (Fsp3) is 0. The topological polar surface area (TPSA) is 3.24 Å². The van der Waals surface area contributed by atoms with Gasteiger partial charge in [-0.25, -0.2) is 4.42 Å². The molecule has 0 aliphatic heterocycles. The summed E-state index contributed by atoms with van der Waals surface area (Å²) >= 11 is 11.3. The van der Waals surface area contributed by atoms with E-state index in [1.165, 1.54) is 4.42 Å². The minimum Gasteiger partial charge on any atom is -0.243 e. The number of para-hydroxylation sites is 1. The van der Waals surface area contributed by atoms with E-state index in [9.17, 15) is 0 Å². The summed E-state index contributed by atoms with van der Waals surface area (Å²) in [5, 5.41) is 0.290. The van der Waals surface area contributed by atoms with Crippen molar-refractivity contribution in [3.8, 4) is 0 Å². The molecule has 0 aromatic heterocycles. The maximum Gasteiger partial charge on any atom is 0.117 e. The van der Waals surface area contributed by atoms with Gasteiger partial charge in [-0.15, -0.1) is 0 Å². The number of hydrogen-bond donors (Lipinski definition) is 0. The Kier molecular flexibility index (Phi) is 2.80. The lowest BCUT2D eigenvalue weighted by Crippen LogP contribution is -2.02. The highest BCUT2D eigenvalue weighted by atomic mass is 35.5. The summed E-state index contributed by atoms with van der Waals surface area (Å²) in [5.41, 5.74) is 0.814. The molecule has 11 heavy (non-hydrogen) atoms. The van der Waals surface area contributed by atoms with E-state index >= 15 is 0 Å². The average molecular weight is 188 g/mol. The van der Waals surface area contributed by atoms with Crippen LogP contribution in [-0.2, 0) is 0 Å². The Labute approximate surface area is 75.9 Å². The number of nitrogens with zero attached hydrogens (tertiary/aromatic N) is 1. The quantitative estimate of drug-likeness (QED) is 0.508. The van der Waals surface area contributed by atoms with E-state index in [0.29, 0.717) is 0 Å². The predicted molar refractivity (Wildman–Crippen MR) is 49.8 cm³/mol. The van der Waals surface area contributed by atoms with Gasteiger partial charge in [0.1, 0.15) is 5.16 Å². The lowest BCUT2D eigenvalue weighted by atomic mass is 10.3. The van der Waals surface area contributed by atoms with Crippen LogP contribution in [0.25, 0.3) is 0 Å². The van der Waals surface area contributed by atoms with Crippen LogP contribution in [0, 0.1) is 0 Å². The molecule has 1 aromatic rings. The molecule has 0 spiro atoms. The lowest BCUT2D eigenvalue weighted by molar-refractivity contribution is 1.41. The van der Waals surface area contributed by atoms with E-state index in [0.717, 1.165) is 5.69 Å². The molecule has 58 valence electrons. The minimum atomic E-state index is 0.290. The molecule has 0 aliphatic carbocycles. The number of halogens is 2. The summed E-state index contributed by atoms with van der Waals surface area (Å²) in [6.07, 6.45) is 0. The van der Waals surface area contributed by atoms with Gasteiger partial charge in [-0.3, -0.25) is 0 Å². The molecule has 0 N–H and O–H groups in total. The molecular weight excluding hydrogens is 181 g/mol. The van der Waals surface area contributed by atoms with Crippen molar-refractivity contribution in [3.05, 3.63) is 42.1 Å². The van der Waals surface area contributed by atoms with Crippen LogP contribution in [0.1, 0.15) is 0 Å². The minimum absolute atomic E-state index is 0.290. The first kappa shape index (κ1) is 8.44. The Hall–Kier alpha value is -0.660. The van der Waals surface area contributed by atoms with Crippen molar-refractivity contribution in [1.82, 2.24) is 0 Å². The number of anilines is 1. The Bertz CT molecular complexity index is 246. The predicted octanol–water partition coefficient (Wildman–Crippen LogP) is 3.36. The van der Waals surface area contributed by atoms with Crippen molar-refractivity contribution >= 4 is 29.1 Å². The smallest absolute Gasteiger partial charge is 0.117 e. The highest BCUT2D eigenvalue weighted by Gasteiger charge is 2.02. The van der Waals surface area contributed by atoms with Crippen LogP contribution in [0.4, 0.5) is 5.69 Å². The SMILES string of the molecule is C=C(Cl)N(Cl)c1ccccc1. The van der Waals surface area contributed by atoms with Gasteiger partial charge in [0, 0.05) is 11.8 Å². The first-order valence-electron chi connectivity index (χ1n) is 3.07. The van der Waals surface area contributed by atoms with E-state index < -0.39 is 0 Å². The zero-order valence-electron chi connectivity index (χ0n) is 5.80. The van der Waals surface area contributed by atoms with Gasteiger partial charge in [-0.1, -0.05) is 36.4 Å². The van der Waals surface area contributed by atoms with Crippen LogP contribution < -0.4 is 4.42 Å². The molecule has 0 atom stereocenters. The summed E-state index contributed by atoms with van der Waals surface area (Å²) in [7, 11) is 0. The van der Waals surface area contributed by atoms with Crippen LogP contribution in [0.15, 0.2) is 42.1 Å². The van der Waals surface area contributed by atoms with Crippen molar-refractivity contribution in [2.75, 3.05) is 4.42 Å². The second-order valence-corrected chi connectivity index (χ2v) is 2.77. The van der Waals surface area contributed by atoms with Crippen molar-refractivity contribution < 1.29 is 0 Å². The molecule has 0 radical (unpaired) electrons. The number of rotatable bonds is 2. The normalized spacial score (nSPS) is 9.27. The summed E-state index contributed by atoms with van der Waals surface area (Å²) in [5.74, 6) is 0. The fourth-order valence-electron chi connectivity index (χ4n) is 0.699. The Balaban J connectivity index is 2.85. The first-order chi connectivity index (χ1) is 5.22. The molecule has 0 saturated carbocycles. The number of hydrogen-bond acceptors (Lipinski definition) is 1. The van der Waals surface area contributed by atoms with Crippen LogP contribution >= 0.6 is 23.4 Å². The summed E-state index contributed by atoms with van der Waals surface area (Å²) in [6, 6.07) is 9.36. The van der Waals surface area contributed by atoms with Crippen LogP contribution in [-0.4, -0.2) is 0 Å². The molecule has 0 unspecified atom stereocenters. The van der Waals surface area contributed by atoms with E-state index in [-0.39, 0.29) is 5.16 Å². The molecule has 0 aliphatic rings. The van der Waals surface area contributed by atoms with Crippen LogP contribution in [0.2, 0.25) is 0 Å². The van der Waals surface area contributed by atoms with Crippen LogP contribution in [0.3, 0.4) is 0 Å². The Morgan fingerprint density at radius 2 is 1.82 bits per heavy atom. The highest BCUT2D eigenvalue weighted by molar-refractivity contribution is 6.39. The van der Waals surface area contributed by atoms with Gasteiger partial charge < -0.3 is 0 Å². The molecule has 1 nitrogen and oxygen atoms in total. The van der Waals surface area contributed by atoms with Gasteiger partial charge in [0.15, 0.2) is 0 Å². The molecular formula is C8H7Cl2N. The lowest BCUT2D eigenvalue weighted by Gasteiger charge is -2.12. The van der Waals surface area contributed by atoms with Gasteiger partial charge in [0.05, 0.1) is 5.69 Å².